The molecule has 0 heterocycles. The number of rotatable bonds is 1. The van der Waals surface area contributed by atoms with Crippen LogP contribution < -0.4 is 11.3 Å². The Kier molecular flexibility index (Phi) is 2.37. The zero-order chi connectivity index (χ0) is 8.43. The number of halogens is 1. The van der Waals surface area contributed by atoms with Crippen molar-refractivity contribution in [1.82, 2.24) is 0 Å². The van der Waals surface area contributed by atoms with Gasteiger partial charge in [0.15, 0.2) is 0 Å². The lowest BCUT2D eigenvalue weighted by molar-refractivity contribution is 1.29. The number of benzene rings is 1. The van der Waals surface area contributed by atoms with Gasteiger partial charge in [-0.1, -0.05) is 17.7 Å². The molecule has 60 valence electrons. The summed E-state index contributed by atoms with van der Waals surface area (Å²) in [6, 6.07) is 3.85. The van der Waals surface area contributed by atoms with Gasteiger partial charge in [-0.2, -0.15) is 0 Å². The maximum atomic E-state index is 5.97. The first-order valence-electron chi connectivity index (χ1n) is 3.39. The van der Waals surface area contributed by atoms with E-state index in [-0.39, 0.29) is 0 Å². The van der Waals surface area contributed by atoms with Crippen LogP contribution in [0.5, 0.6) is 0 Å². The second-order valence-corrected chi connectivity index (χ2v) is 2.89. The van der Waals surface area contributed by atoms with E-state index in [4.69, 9.17) is 17.4 Å². The zero-order valence-corrected chi connectivity index (χ0v) is 7.37. The highest BCUT2D eigenvalue weighted by atomic mass is 35.5. The third-order valence-corrected chi connectivity index (χ3v) is 2.32. The van der Waals surface area contributed by atoms with Crippen LogP contribution in [0.4, 0.5) is 5.69 Å². The minimum atomic E-state index is 0.778. The molecular formula is C8H11ClN2. The van der Waals surface area contributed by atoms with Crippen LogP contribution in [0.25, 0.3) is 0 Å². The summed E-state index contributed by atoms with van der Waals surface area (Å²) in [5.41, 5.74) is 5.52. The molecule has 0 aliphatic rings. The third-order valence-electron chi connectivity index (χ3n) is 1.73. The number of nitrogen functional groups attached to an aromatic ring is 1. The first-order valence-corrected chi connectivity index (χ1v) is 3.77. The number of nitrogens with two attached hydrogens (primary N) is 1. The van der Waals surface area contributed by atoms with E-state index in [9.17, 15) is 0 Å². The molecule has 3 heteroatoms. The van der Waals surface area contributed by atoms with Crippen LogP contribution in [-0.4, -0.2) is 0 Å². The highest BCUT2D eigenvalue weighted by Gasteiger charge is 2.02. The Morgan fingerprint density at radius 2 is 2.00 bits per heavy atom. The third kappa shape index (κ3) is 1.47. The van der Waals surface area contributed by atoms with Crippen molar-refractivity contribution in [3.63, 3.8) is 0 Å². The Labute approximate surface area is 71.3 Å². The molecule has 0 atom stereocenters. The molecule has 0 bridgehead atoms. The number of aryl methyl sites for hydroxylation is 1. The van der Waals surface area contributed by atoms with Crippen molar-refractivity contribution in [2.24, 2.45) is 5.84 Å². The molecule has 0 spiro atoms. The molecule has 1 aromatic carbocycles. The van der Waals surface area contributed by atoms with Crippen LogP contribution in [0.3, 0.4) is 0 Å². The Bertz CT molecular complexity index is 271. The zero-order valence-electron chi connectivity index (χ0n) is 6.61. The van der Waals surface area contributed by atoms with Crippen molar-refractivity contribution >= 4 is 17.3 Å². The summed E-state index contributed by atoms with van der Waals surface area (Å²) >= 11 is 5.97. The number of anilines is 1. The lowest BCUT2D eigenvalue weighted by Crippen LogP contribution is -2.08. The van der Waals surface area contributed by atoms with Gasteiger partial charge in [-0.3, -0.25) is 5.84 Å². The highest BCUT2D eigenvalue weighted by molar-refractivity contribution is 6.32. The number of hydrogen-bond donors (Lipinski definition) is 2. The Morgan fingerprint density at radius 1 is 1.36 bits per heavy atom. The lowest BCUT2D eigenvalue weighted by Gasteiger charge is -2.07. The molecule has 0 aromatic heterocycles. The van der Waals surface area contributed by atoms with E-state index in [1.807, 2.05) is 26.0 Å². The van der Waals surface area contributed by atoms with E-state index >= 15 is 0 Å². The fraction of sp³-hybridized carbons (Fsp3) is 0.250. The average molecular weight is 171 g/mol. The lowest BCUT2D eigenvalue weighted by atomic mass is 10.1. The molecule has 0 unspecified atom stereocenters. The van der Waals surface area contributed by atoms with Crippen molar-refractivity contribution in [3.05, 3.63) is 28.3 Å². The smallest absolute Gasteiger partial charge is 0.0529 e. The molecule has 3 N–H and O–H groups in total. The van der Waals surface area contributed by atoms with E-state index in [2.05, 4.69) is 5.43 Å². The summed E-state index contributed by atoms with van der Waals surface area (Å²) in [6.07, 6.45) is 0. The van der Waals surface area contributed by atoms with Gasteiger partial charge in [0.1, 0.15) is 0 Å². The van der Waals surface area contributed by atoms with Gasteiger partial charge in [-0.15, -0.1) is 0 Å². The van der Waals surface area contributed by atoms with Gasteiger partial charge in [0.2, 0.25) is 0 Å². The molecular weight excluding hydrogens is 160 g/mol. The predicted octanol–water partition coefficient (Wildman–Crippen LogP) is 2.24. The summed E-state index contributed by atoms with van der Waals surface area (Å²) in [5, 5.41) is 0.778. The maximum Gasteiger partial charge on any atom is 0.0529 e. The average Bonchev–Trinajstić information content (AvgIpc) is 2.01. The standard InChI is InChI=1S/C8H11ClN2/c1-5-3-4-7(11-10)6(2)8(5)9/h3-4,11H,10H2,1-2H3. The van der Waals surface area contributed by atoms with Crippen molar-refractivity contribution in [2.75, 3.05) is 5.43 Å². The van der Waals surface area contributed by atoms with Crippen LogP contribution >= 0.6 is 11.6 Å². The van der Waals surface area contributed by atoms with Crippen LogP contribution in [-0.2, 0) is 0 Å². The molecule has 2 nitrogen and oxygen atoms in total. The fourth-order valence-corrected chi connectivity index (χ4v) is 1.14. The van der Waals surface area contributed by atoms with Gasteiger partial charge in [0.05, 0.1) is 5.69 Å². The Morgan fingerprint density at radius 3 is 2.55 bits per heavy atom. The van der Waals surface area contributed by atoms with Crippen LogP contribution in [0.1, 0.15) is 11.1 Å². The monoisotopic (exact) mass is 170 g/mol. The molecule has 0 saturated carbocycles. The topological polar surface area (TPSA) is 38.0 Å². The van der Waals surface area contributed by atoms with Gasteiger partial charge < -0.3 is 5.43 Å². The second kappa shape index (κ2) is 3.11. The van der Waals surface area contributed by atoms with E-state index in [0.717, 1.165) is 21.8 Å². The normalized spacial score (nSPS) is 9.82. The predicted molar refractivity (Wildman–Crippen MR) is 48.7 cm³/mol. The first-order chi connectivity index (χ1) is 5.16. The molecule has 0 fully saturated rings. The molecule has 0 saturated heterocycles. The van der Waals surface area contributed by atoms with Crippen LogP contribution in [0, 0.1) is 13.8 Å². The first kappa shape index (κ1) is 8.37. The minimum Gasteiger partial charge on any atom is -0.324 e. The second-order valence-electron chi connectivity index (χ2n) is 2.51. The van der Waals surface area contributed by atoms with Gasteiger partial charge in [0, 0.05) is 5.02 Å². The van der Waals surface area contributed by atoms with Crippen molar-refractivity contribution < 1.29 is 0 Å². The molecule has 0 aliphatic heterocycles. The molecule has 1 rings (SSSR count). The van der Waals surface area contributed by atoms with Gasteiger partial charge in [-0.25, -0.2) is 0 Å². The van der Waals surface area contributed by atoms with Crippen LogP contribution in [0.15, 0.2) is 12.1 Å². The largest absolute Gasteiger partial charge is 0.324 e. The summed E-state index contributed by atoms with van der Waals surface area (Å²) in [6.45, 7) is 3.90. The molecule has 0 aliphatic carbocycles. The summed E-state index contributed by atoms with van der Waals surface area (Å²) in [5.74, 6) is 5.26. The van der Waals surface area contributed by atoms with Gasteiger partial charge in [0.25, 0.3) is 0 Å². The van der Waals surface area contributed by atoms with Crippen LogP contribution in [0.2, 0.25) is 5.02 Å². The van der Waals surface area contributed by atoms with Gasteiger partial charge >= 0.3 is 0 Å². The highest BCUT2D eigenvalue weighted by Crippen LogP contribution is 2.25. The molecule has 0 amide bonds. The molecule has 0 radical (unpaired) electrons. The van der Waals surface area contributed by atoms with Crippen molar-refractivity contribution in [2.45, 2.75) is 13.8 Å². The number of hydrazine groups is 1. The number of hydrogen-bond acceptors (Lipinski definition) is 2. The Balaban J connectivity index is 3.25. The summed E-state index contributed by atoms with van der Waals surface area (Å²) in [7, 11) is 0. The quantitative estimate of drug-likeness (QED) is 0.501. The van der Waals surface area contributed by atoms with E-state index in [1.54, 1.807) is 0 Å². The Hall–Kier alpha value is -0.730. The van der Waals surface area contributed by atoms with E-state index in [0.29, 0.717) is 0 Å². The minimum absolute atomic E-state index is 0.778. The van der Waals surface area contributed by atoms with Crippen molar-refractivity contribution in [3.8, 4) is 0 Å². The molecule has 1 aromatic rings. The van der Waals surface area contributed by atoms with E-state index in [1.165, 1.54) is 0 Å². The fourth-order valence-electron chi connectivity index (χ4n) is 0.977. The maximum absolute atomic E-state index is 5.97. The summed E-state index contributed by atoms with van der Waals surface area (Å²) < 4.78 is 0. The number of nitrogens with one attached hydrogen (secondary N) is 1. The summed E-state index contributed by atoms with van der Waals surface area (Å²) in [4.78, 5) is 0. The van der Waals surface area contributed by atoms with Crippen molar-refractivity contribution in [1.29, 1.82) is 0 Å². The SMILES string of the molecule is Cc1ccc(NN)c(C)c1Cl. The van der Waals surface area contributed by atoms with Gasteiger partial charge in [-0.05, 0) is 31.0 Å². The molecule has 11 heavy (non-hydrogen) atoms. The van der Waals surface area contributed by atoms with E-state index < -0.39 is 0 Å².